The number of benzene rings is 1. The molecule has 0 amide bonds. The van der Waals surface area contributed by atoms with Crippen LogP contribution in [0.15, 0.2) is 30.4 Å². The van der Waals surface area contributed by atoms with Gasteiger partial charge in [0.1, 0.15) is 5.75 Å². The van der Waals surface area contributed by atoms with Crippen molar-refractivity contribution in [3.05, 3.63) is 41.5 Å². The molecule has 0 saturated heterocycles. The number of hydrogen-bond acceptors (Lipinski definition) is 2. The molecule has 0 bridgehead atoms. The van der Waals surface area contributed by atoms with Crippen molar-refractivity contribution >= 4 is 5.97 Å². The van der Waals surface area contributed by atoms with E-state index >= 15 is 0 Å². The van der Waals surface area contributed by atoms with E-state index < -0.39 is 5.97 Å². The maximum absolute atomic E-state index is 10.8. The Kier molecular flexibility index (Phi) is 4.17. The zero-order valence-electron chi connectivity index (χ0n) is 11.4. The van der Waals surface area contributed by atoms with Crippen molar-refractivity contribution in [1.29, 1.82) is 0 Å². The molecule has 3 heteroatoms. The normalized spacial score (nSPS) is 11.1. The first-order chi connectivity index (χ1) is 8.25. The van der Waals surface area contributed by atoms with E-state index in [1.807, 2.05) is 18.2 Å². The molecule has 0 spiro atoms. The molecular weight excluding hydrogens is 228 g/mol. The maximum atomic E-state index is 10.8. The third kappa shape index (κ3) is 3.36. The Morgan fingerprint density at radius 1 is 1.39 bits per heavy atom. The number of ether oxygens (including phenoxy) is 1. The van der Waals surface area contributed by atoms with Crippen LogP contribution in [-0.4, -0.2) is 18.2 Å². The first-order valence-corrected chi connectivity index (χ1v) is 5.84. The summed E-state index contributed by atoms with van der Waals surface area (Å²) in [5.74, 6) is -0.129. The van der Waals surface area contributed by atoms with Crippen molar-refractivity contribution in [1.82, 2.24) is 0 Å². The second kappa shape index (κ2) is 5.25. The second-order valence-electron chi connectivity index (χ2n) is 5.37. The molecule has 0 saturated carbocycles. The minimum Gasteiger partial charge on any atom is -0.496 e. The maximum Gasteiger partial charge on any atom is 0.331 e. The van der Waals surface area contributed by atoms with Crippen LogP contribution in [0.3, 0.4) is 0 Å². The van der Waals surface area contributed by atoms with Gasteiger partial charge in [-0.05, 0) is 22.6 Å². The van der Waals surface area contributed by atoms with Crippen LogP contribution in [0.5, 0.6) is 5.75 Å². The fourth-order valence-electron chi connectivity index (χ4n) is 1.77. The summed E-state index contributed by atoms with van der Waals surface area (Å²) in [6.07, 6.45) is 0.350. The van der Waals surface area contributed by atoms with Crippen LogP contribution in [-0.2, 0) is 16.6 Å². The molecule has 0 atom stereocenters. The number of carboxylic acids is 1. The smallest absolute Gasteiger partial charge is 0.331 e. The lowest BCUT2D eigenvalue weighted by atomic mass is 9.85. The molecule has 0 radical (unpaired) electrons. The van der Waals surface area contributed by atoms with Crippen LogP contribution >= 0.6 is 0 Å². The number of methoxy groups -OCH3 is 1. The minimum atomic E-state index is -0.955. The highest BCUT2D eigenvalue weighted by Crippen LogP contribution is 2.32. The molecule has 0 aliphatic rings. The molecule has 98 valence electrons. The van der Waals surface area contributed by atoms with Gasteiger partial charge in [-0.15, -0.1) is 0 Å². The summed E-state index contributed by atoms with van der Waals surface area (Å²) in [6, 6.07) is 5.75. The Hall–Kier alpha value is -1.77. The molecule has 0 heterocycles. The molecule has 3 nitrogen and oxygen atoms in total. The summed E-state index contributed by atoms with van der Waals surface area (Å²) < 4.78 is 5.34. The fraction of sp³-hybridized carbons (Fsp3) is 0.400. The Bertz CT molecular complexity index is 467. The van der Waals surface area contributed by atoms with E-state index in [9.17, 15) is 4.79 Å². The van der Waals surface area contributed by atoms with E-state index in [0.717, 1.165) is 16.9 Å². The summed E-state index contributed by atoms with van der Waals surface area (Å²) in [5, 5.41) is 8.85. The van der Waals surface area contributed by atoms with Crippen molar-refractivity contribution in [2.75, 3.05) is 7.11 Å². The van der Waals surface area contributed by atoms with Gasteiger partial charge in [0, 0.05) is 12.0 Å². The number of carboxylic acid groups (broad SMARTS) is 1. The predicted octanol–water partition coefficient (Wildman–Crippen LogP) is 3.18. The van der Waals surface area contributed by atoms with Gasteiger partial charge in [0.25, 0.3) is 0 Å². The minimum absolute atomic E-state index is 0.0497. The van der Waals surface area contributed by atoms with Gasteiger partial charge < -0.3 is 9.84 Å². The quantitative estimate of drug-likeness (QED) is 0.832. The number of hydrogen-bond donors (Lipinski definition) is 1. The average molecular weight is 248 g/mol. The standard InChI is InChI=1S/C15H20O3/c1-10(14(16)17)8-11-6-7-13(18-5)12(9-11)15(2,3)4/h6-7,9H,1,8H2,2-5H3,(H,16,17). The van der Waals surface area contributed by atoms with Gasteiger partial charge in [-0.1, -0.05) is 39.5 Å². The van der Waals surface area contributed by atoms with Crippen LogP contribution in [0.25, 0.3) is 0 Å². The van der Waals surface area contributed by atoms with Gasteiger partial charge >= 0.3 is 5.97 Å². The molecule has 1 aromatic rings. The summed E-state index contributed by atoms with van der Waals surface area (Å²) in [4.78, 5) is 10.8. The van der Waals surface area contributed by atoms with Gasteiger partial charge in [-0.3, -0.25) is 0 Å². The Morgan fingerprint density at radius 3 is 2.44 bits per heavy atom. The molecule has 1 rings (SSSR count). The lowest BCUT2D eigenvalue weighted by Gasteiger charge is -2.23. The van der Waals surface area contributed by atoms with E-state index in [-0.39, 0.29) is 11.0 Å². The van der Waals surface area contributed by atoms with Crippen LogP contribution in [0, 0.1) is 0 Å². The molecule has 18 heavy (non-hydrogen) atoms. The third-order valence-corrected chi connectivity index (χ3v) is 2.79. The van der Waals surface area contributed by atoms with E-state index in [0.29, 0.717) is 6.42 Å². The SMILES string of the molecule is C=C(Cc1ccc(OC)c(C(C)(C)C)c1)C(=O)O. The molecule has 0 aliphatic heterocycles. The van der Waals surface area contributed by atoms with E-state index in [4.69, 9.17) is 9.84 Å². The molecule has 0 aromatic heterocycles. The summed E-state index contributed by atoms with van der Waals surface area (Å²) in [5.41, 5.74) is 2.15. The zero-order chi connectivity index (χ0) is 13.9. The van der Waals surface area contributed by atoms with Gasteiger partial charge in [0.05, 0.1) is 7.11 Å². The molecule has 1 N–H and O–H groups in total. The van der Waals surface area contributed by atoms with Crippen molar-refractivity contribution < 1.29 is 14.6 Å². The lowest BCUT2D eigenvalue weighted by molar-refractivity contribution is -0.132. The third-order valence-electron chi connectivity index (χ3n) is 2.79. The second-order valence-corrected chi connectivity index (χ2v) is 5.37. The van der Waals surface area contributed by atoms with Crippen LogP contribution in [0.4, 0.5) is 0 Å². The largest absolute Gasteiger partial charge is 0.496 e. The van der Waals surface area contributed by atoms with Gasteiger partial charge in [0.15, 0.2) is 0 Å². The summed E-state index contributed by atoms with van der Waals surface area (Å²) in [7, 11) is 1.64. The number of rotatable bonds is 4. The van der Waals surface area contributed by atoms with E-state index in [1.165, 1.54) is 0 Å². The predicted molar refractivity (Wildman–Crippen MR) is 72.2 cm³/mol. The van der Waals surface area contributed by atoms with Crippen molar-refractivity contribution in [2.24, 2.45) is 0 Å². The highest BCUT2D eigenvalue weighted by atomic mass is 16.5. The molecule has 0 aliphatic carbocycles. The highest BCUT2D eigenvalue weighted by molar-refractivity contribution is 5.86. The van der Waals surface area contributed by atoms with Crippen LogP contribution in [0.1, 0.15) is 31.9 Å². The Balaban J connectivity index is 3.11. The summed E-state index contributed by atoms with van der Waals surface area (Å²) >= 11 is 0. The molecule has 0 fully saturated rings. The van der Waals surface area contributed by atoms with Crippen molar-refractivity contribution in [3.63, 3.8) is 0 Å². The summed E-state index contributed by atoms with van der Waals surface area (Å²) in [6.45, 7) is 9.85. The average Bonchev–Trinajstić information content (AvgIpc) is 2.27. The van der Waals surface area contributed by atoms with Crippen LogP contribution in [0.2, 0.25) is 0 Å². The Morgan fingerprint density at radius 2 is 2.00 bits per heavy atom. The zero-order valence-corrected chi connectivity index (χ0v) is 11.4. The lowest BCUT2D eigenvalue weighted by Crippen LogP contribution is -2.13. The molecular formula is C15H20O3. The van der Waals surface area contributed by atoms with Gasteiger partial charge in [-0.25, -0.2) is 4.79 Å². The number of aliphatic carboxylic acids is 1. The molecule has 1 aromatic carbocycles. The van der Waals surface area contributed by atoms with E-state index in [1.54, 1.807) is 7.11 Å². The Labute approximate surface area is 108 Å². The van der Waals surface area contributed by atoms with Crippen LogP contribution < -0.4 is 4.74 Å². The first-order valence-electron chi connectivity index (χ1n) is 5.84. The fourth-order valence-corrected chi connectivity index (χ4v) is 1.77. The monoisotopic (exact) mass is 248 g/mol. The van der Waals surface area contributed by atoms with Gasteiger partial charge in [0.2, 0.25) is 0 Å². The first kappa shape index (κ1) is 14.3. The highest BCUT2D eigenvalue weighted by Gasteiger charge is 2.19. The molecule has 0 unspecified atom stereocenters. The topological polar surface area (TPSA) is 46.5 Å². The number of carbonyl (C=O) groups is 1. The van der Waals surface area contributed by atoms with Crippen molar-refractivity contribution in [3.8, 4) is 5.75 Å². The van der Waals surface area contributed by atoms with E-state index in [2.05, 4.69) is 27.4 Å². The van der Waals surface area contributed by atoms with Crippen molar-refractivity contribution in [2.45, 2.75) is 32.6 Å². The van der Waals surface area contributed by atoms with Gasteiger partial charge in [-0.2, -0.15) is 0 Å².